The Morgan fingerprint density at radius 2 is 0.606 bits per heavy atom. The van der Waals surface area contributed by atoms with Crippen LogP contribution in [0.5, 0.6) is 0 Å². The van der Waals surface area contributed by atoms with Crippen LogP contribution in [0, 0.1) is 0 Å². The standard InChI is InChI=1S/C30H23BrP2/c31-24-21-29(32(25-13-5-1-6-14-25)26-15-7-2-8-16-26)23-30(22-24)33(27-17-9-3-10-18-27)28-19-11-4-12-20-28/h1-23H. The van der Waals surface area contributed by atoms with E-state index in [1.54, 1.807) is 0 Å². The first-order valence-electron chi connectivity index (χ1n) is 10.9. The lowest BCUT2D eigenvalue weighted by molar-refractivity contribution is 1.72. The van der Waals surface area contributed by atoms with E-state index < -0.39 is 15.8 Å². The zero-order valence-corrected chi connectivity index (χ0v) is 21.4. The van der Waals surface area contributed by atoms with Gasteiger partial charge < -0.3 is 0 Å². The highest BCUT2D eigenvalue weighted by Gasteiger charge is 2.21. The quantitative estimate of drug-likeness (QED) is 0.240. The van der Waals surface area contributed by atoms with Gasteiger partial charge in [0.2, 0.25) is 0 Å². The second kappa shape index (κ2) is 10.6. The van der Waals surface area contributed by atoms with Gasteiger partial charge in [-0.25, -0.2) is 0 Å². The summed E-state index contributed by atoms with van der Waals surface area (Å²) >= 11 is 3.86. The maximum atomic E-state index is 3.86. The molecule has 0 bridgehead atoms. The van der Waals surface area contributed by atoms with Crippen LogP contribution in [0.15, 0.2) is 144 Å². The van der Waals surface area contributed by atoms with E-state index in [1.807, 2.05) is 0 Å². The van der Waals surface area contributed by atoms with Gasteiger partial charge in [-0.2, -0.15) is 0 Å². The van der Waals surface area contributed by atoms with Crippen molar-refractivity contribution in [2.24, 2.45) is 0 Å². The lowest BCUT2D eigenvalue weighted by Crippen LogP contribution is -2.26. The van der Waals surface area contributed by atoms with Gasteiger partial charge in [-0.15, -0.1) is 0 Å². The summed E-state index contributed by atoms with van der Waals surface area (Å²) in [5.41, 5.74) is 0. The molecule has 0 atom stereocenters. The van der Waals surface area contributed by atoms with E-state index in [1.165, 1.54) is 31.8 Å². The molecular weight excluding hydrogens is 502 g/mol. The maximum absolute atomic E-state index is 3.86. The predicted molar refractivity (Wildman–Crippen MR) is 152 cm³/mol. The normalized spacial score (nSPS) is 11.1. The van der Waals surface area contributed by atoms with Crippen molar-refractivity contribution in [3.8, 4) is 0 Å². The molecule has 5 aromatic rings. The summed E-state index contributed by atoms with van der Waals surface area (Å²) in [6, 6.07) is 50.7. The number of rotatable bonds is 6. The highest BCUT2D eigenvalue weighted by Crippen LogP contribution is 2.37. The highest BCUT2D eigenvalue weighted by atomic mass is 79.9. The van der Waals surface area contributed by atoms with Crippen molar-refractivity contribution in [3.05, 3.63) is 144 Å². The fourth-order valence-electron chi connectivity index (χ4n) is 4.02. The number of benzene rings is 5. The molecule has 0 saturated heterocycles. The summed E-state index contributed by atoms with van der Waals surface area (Å²) in [7, 11) is -1.32. The Balaban J connectivity index is 1.69. The molecule has 0 heterocycles. The van der Waals surface area contributed by atoms with Gasteiger partial charge in [0.15, 0.2) is 0 Å². The van der Waals surface area contributed by atoms with E-state index in [4.69, 9.17) is 0 Å². The van der Waals surface area contributed by atoms with E-state index in [2.05, 4.69) is 155 Å². The Bertz CT molecular complexity index is 1130. The molecule has 0 aromatic heterocycles. The molecule has 0 saturated carbocycles. The molecular formula is C30H23BrP2. The monoisotopic (exact) mass is 524 g/mol. The van der Waals surface area contributed by atoms with Crippen LogP contribution in [0.4, 0.5) is 0 Å². The Hall–Kier alpha value is -2.56. The molecule has 0 nitrogen and oxygen atoms in total. The van der Waals surface area contributed by atoms with Crippen LogP contribution in [0.2, 0.25) is 0 Å². The van der Waals surface area contributed by atoms with Crippen molar-refractivity contribution in [1.29, 1.82) is 0 Å². The summed E-state index contributed by atoms with van der Waals surface area (Å²) in [4.78, 5) is 0. The second-order valence-electron chi connectivity index (χ2n) is 7.68. The molecule has 0 aliphatic heterocycles. The smallest absolute Gasteiger partial charge is 0.0188 e. The molecule has 0 aliphatic rings. The molecule has 0 spiro atoms. The highest BCUT2D eigenvalue weighted by molar-refractivity contribution is 9.10. The fourth-order valence-corrected chi connectivity index (χ4v) is 9.71. The maximum Gasteiger partial charge on any atom is 0.0188 e. The summed E-state index contributed by atoms with van der Waals surface area (Å²) in [5, 5.41) is 8.20. The van der Waals surface area contributed by atoms with Gasteiger partial charge in [-0.1, -0.05) is 137 Å². The van der Waals surface area contributed by atoms with Crippen molar-refractivity contribution < 1.29 is 0 Å². The largest absolute Gasteiger partial charge is 0.0622 e. The summed E-state index contributed by atoms with van der Waals surface area (Å²) in [6.45, 7) is 0. The van der Waals surface area contributed by atoms with Crippen molar-refractivity contribution in [3.63, 3.8) is 0 Å². The third kappa shape index (κ3) is 5.18. The average molecular weight is 525 g/mol. The van der Waals surface area contributed by atoms with Crippen molar-refractivity contribution >= 4 is 63.6 Å². The van der Waals surface area contributed by atoms with Crippen molar-refractivity contribution in [1.82, 2.24) is 0 Å². The van der Waals surface area contributed by atoms with Crippen LogP contribution < -0.4 is 31.8 Å². The number of halogens is 1. The van der Waals surface area contributed by atoms with Gasteiger partial charge >= 0.3 is 0 Å². The number of hydrogen-bond acceptors (Lipinski definition) is 0. The van der Waals surface area contributed by atoms with Crippen molar-refractivity contribution in [2.75, 3.05) is 0 Å². The van der Waals surface area contributed by atoms with Gasteiger partial charge in [0.05, 0.1) is 0 Å². The average Bonchev–Trinajstić information content (AvgIpc) is 2.87. The molecule has 0 aliphatic carbocycles. The molecule has 160 valence electrons. The summed E-state index contributed by atoms with van der Waals surface area (Å²) < 4.78 is 1.13. The summed E-state index contributed by atoms with van der Waals surface area (Å²) in [6.07, 6.45) is 0. The second-order valence-corrected chi connectivity index (χ2v) is 13.0. The molecule has 3 heteroatoms. The van der Waals surface area contributed by atoms with Crippen LogP contribution in [0.1, 0.15) is 0 Å². The van der Waals surface area contributed by atoms with E-state index >= 15 is 0 Å². The van der Waals surface area contributed by atoms with Gasteiger partial charge in [0.1, 0.15) is 0 Å². The minimum atomic E-state index is -0.661. The predicted octanol–water partition coefficient (Wildman–Crippen LogP) is 5.97. The zero-order valence-electron chi connectivity index (χ0n) is 18.1. The Kier molecular flexibility index (Phi) is 7.13. The Morgan fingerprint density at radius 3 is 0.879 bits per heavy atom. The third-order valence-electron chi connectivity index (χ3n) is 5.44. The molecule has 5 aromatic carbocycles. The molecule has 0 amide bonds. The molecule has 0 unspecified atom stereocenters. The molecule has 33 heavy (non-hydrogen) atoms. The molecule has 5 rings (SSSR count). The van der Waals surface area contributed by atoms with Crippen LogP contribution in [-0.2, 0) is 0 Å². The fraction of sp³-hybridized carbons (Fsp3) is 0. The Morgan fingerprint density at radius 1 is 0.333 bits per heavy atom. The van der Waals surface area contributed by atoms with Crippen LogP contribution in [-0.4, -0.2) is 0 Å². The first kappa shape index (κ1) is 22.2. The van der Waals surface area contributed by atoms with Gasteiger partial charge in [0.25, 0.3) is 0 Å². The first-order chi connectivity index (χ1) is 16.3. The minimum absolute atomic E-state index is 0.661. The SMILES string of the molecule is Brc1cc(P(c2ccccc2)c2ccccc2)cc(P(c2ccccc2)c2ccccc2)c1. The van der Waals surface area contributed by atoms with E-state index in [9.17, 15) is 0 Å². The topological polar surface area (TPSA) is 0 Å². The lowest BCUT2D eigenvalue weighted by atomic mass is 10.3. The van der Waals surface area contributed by atoms with Crippen LogP contribution >= 0.6 is 31.8 Å². The molecule has 0 fully saturated rings. The van der Waals surface area contributed by atoms with Crippen LogP contribution in [0.25, 0.3) is 0 Å². The van der Waals surface area contributed by atoms with Crippen molar-refractivity contribution in [2.45, 2.75) is 0 Å². The summed E-state index contributed by atoms with van der Waals surface area (Å²) in [5.74, 6) is 0. The minimum Gasteiger partial charge on any atom is -0.0622 e. The third-order valence-corrected chi connectivity index (χ3v) is 10.7. The zero-order chi connectivity index (χ0) is 22.5. The van der Waals surface area contributed by atoms with Crippen LogP contribution in [0.3, 0.4) is 0 Å². The van der Waals surface area contributed by atoms with Gasteiger partial charge in [-0.05, 0) is 65.9 Å². The van der Waals surface area contributed by atoms with E-state index in [0.717, 1.165) is 4.47 Å². The van der Waals surface area contributed by atoms with Gasteiger partial charge in [0, 0.05) is 4.47 Å². The van der Waals surface area contributed by atoms with E-state index in [-0.39, 0.29) is 0 Å². The lowest BCUT2D eigenvalue weighted by Gasteiger charge is -2.24. The van der Waals surface area contributed by atoms with E-state index in [0.29, 0.717) is 0 Å². The first-order valence-corrected chi connectivity index (χ1v) is 14.4. The molecule has 0 N–H and O–H groups in total. The number of hydrogen-bond donors (Lipinski definition) is 0. The Labute approximate surface area is 207 Å². The molecule has 0 radical (unpaired) electrons. The van der Waals surface area contributed by atoms with Gasteiger partial charge in [-0.3, -0.25) is 0 Å².